The molecule has 0 bridgehead atoms. The second-order valence-corrected chi connectivity index (χ2v) is 6.32. The Morgan fingerprint density at radius 2 is 2.10 bits per heavy atom. The van der Waals surface area contributed by atoms with Gasteiger partial charge in [-0.25, -0.2) is 0 Å². The number of hydrogen-bond acceptors (Lipinski definition) is 3. The SMILES string of the molecule is O=C(CN1CSCC1=O)NC(c1ccccc1)C1CC1. The zero-order chi connectivity index (χ0) is 13.9. The summed E-state index contributed by atoms with van der Waals surface area (Å²) in [5.41, 5.74) is 1.16. The molecule has 1 aromatic carbocycles. The number of rotatable bonds is 5. The van der Waals surface area contributed by atoms with Crippen LogP contribution in [-0.2, 0) is 9.59 Å². The van der Waals surface area contributed by atoms with Gasteiger partial charge in [-0.2, -0.15) is 0 Å². The van der Waals surface area contributed by atoms with Gasteiger partial charge in [-0.15, -0.1) is 11.8 Å². The van der Waals surface area contributed by atoms with E-state index in [0.29, 0.717) is 17.5 Å². The van der Waals surface area contributed by atoms with Gasteiger partial charge in [-0.1, -0.05) is 30.3 Å². The van der Waals surface area contributed by atoms with Crippen molar-refractivity contribution in [2.75, 3.05) is 18.2 Å². The molecule has 1 saturated carbocycles. The van der Waals surface area contributed by atoms with Crippen molar-refractivity contribution in [1.82, 2.24) is 10.2 Å². The molecule has 20 heavy (non-hydrogen) atoms. The second-order valence-electron chi connectivity index (χ2n) is 5.36. The molecule has 0 aromatic heterocycles. The Morgan fingerprint density at radius 1 is 1.35 bits per heavy atom. The van der Waals surface area contributed by atoms with Crippen molar-refractivity contribution in [3.63, 3.8) is 0 Å². The Labute approximate surface area is 122 Å². The Balaban J connectivity index is 1.62. The van der Waals surface area contributed by atoms with Crippen LogP contribution in [0, 0.1) is 5.92 Å². The third-order valence-electron chi connectivity index (χ3n) is 3.73. The number of hydrogen-bond donors (Lipinski definition) is 1. The van der Waals surface area contributed by atoms with Crippen LogP contribution in [0.5, 0.6) is 0 Å². The first-order valence-electron chi connectivity index (χ1n) is 6.94. The van der Waals surface area contributed by atoms with Gasteiger partial charge >= 0.3 is 0 Å². The summed E-state index contributed by atoms with van der Waals surface area (Å²) in [5.74, 6) is 1.68. The Hall–Kier alpha value is -1.49. The monoisotopic (exact) mass is 290 g/mol. The standard InChI is InChI=1S/C15H18N2O2S/c18-13(8-17-10-20-9-14(17)19)16-15(12-6-7-12)11-4-2-1-3-5-11/h1-5,12,15H,6-10H2,(H,16,18). The van der Waals surface area contributed by atoms with Gasteiger partial charge in [0.25, 0.3) is 0 Å². The fraction of sp³-hybridized carbons (Fsp3) is 0.467. The Kier molecular flexibility index (Phi) is 3.96. The minimum Gasteiger partial charge on any atom is -0.347 e. The molecule has 1 unspecified atom stereocenters. The van der Waals surface area contributed by atoms with Crippen molar-refractivity contribution in [2.45, 2.75) is 18.9 Å². The molecule has 1 N–H and O–H groups in total. The van der Waals surface area contributed by atoms with Crippen molar-refractivity contribution < 1.29 is 9.59 Å². The van der Waals surface area contributed by atoms with Gasteiger partial charge in [0.1, 0.15) is 6.54 Å². The molecule has 1 heterocycles. The van der Waals surface area contributed by atoms with Crippen molar-refractivity contribution in [3.8, 4) is 0 Å². The van der Waals surface area contributed by atoms with E-state index < -0.39 is 0 Å². The molecule has 1 aliphatic heterocycles. The molecule has 0 radical (unpaired) electrons. The first kappa shape index (κ1) is 13.5. The van der Waals surface area contributed by atoms with E-state index in [2.05, 4.69) is 17.4 Å². The van der Waals surface area contributed by atoms with Gasteiger partial charge in [0.05, 0.1) is 17.7 Å². The molecule has 1 aliphatic carbocycles. The summed E-state index contributed by atoms with van der Waals surface area (Å²) in [4.78, 5) is 25.3. The van der Waals surface area contributed by atoms with Crippen LogP contribution in [0.2, 0.25) is 0 Å². The van der Waals surface area contributed by atoms with E-state index in [0.717, 1.165) is 5.56 Å². The number of benzene rings is 1. The minimum absolute atomic E-state index is 0.0541. The summed E-state index contributed by atoms with van der Waals surface area (Å²) in [6.45, 7) is 0.182. The van der Waals surface area contributed by atoms with Gasteiger partial charge in [-0.05, 0) is 24.3 Å². The number of amides is 2. The van der Waals surface area contributed by atoms with Gasteiger partial charge in [-0.3, -0.25) is 9.59 Å². The summed E-state index contributed by atoms with van der Waals surface area (Å²) in [5, 5.41) is 3.10. The molecular formula is C15H18N2O2S. The zero-order valence-corrected chi connectivity index (χ0v) is 12.1. The van der Waals surface area contributed by atoms with Crippen LogP contribution in [0.25, 0.3) is 0 Å². The minimum atomic E-state index is -0.0541. The number of thioether (sulfide) groups is 1. The maximum Gasteiger partial charge on any atom is 0.240 e. The molecule has 2 aliphatic rings. The number of nitrogens with one attached hydrogen (secondary N) is 1. The predicted molar refractivity (Wildman–Crippen MR) is 79.1 cm³/mol. The second kappa shape index (κ2) is 5.87. The van der Waals surface area contributed by atoms with Crippen LogP contribution in [0.4, 0.5) is 0 Å². The normalized spacial score (nSPS) is 20.0. The highest BCUT2D eigenvalue weighted by Crippen LogP contribution is 2.40. The third-order valence-corrected chi connectivity index (χ3v) is 4.67. The predicted octanol–water partition coefficient (Wildman–Crippen LogP) is 1.79. The molecule has 1 aromatic rings. The fourth-order valence-electron chi connectivity index (χ4n) is 2.50. The van der Waals surface area contributed by atoms with E-state index in [1.54, 1.807) is 16.7 Å². The molecule has 106 valence electrons. The van der Waals surface area contributed by atoms with E-state index in [4.69, 9.17) is 0 Å². The number of carbonyl (C=O) groups excluding carboxylic acids is 2. The van der Waals surface area contributed by atoms with Crippen LogP contribution in [0.3, 0.4) is 0 Å². The van der Waals surface area contributed by atoms with E-state index >= 15 is 0 Å². The molecule has 1 atom stereocenters. The smallest absolute Gasteiger partial charge is 0.240 e. The lowest BCUT2D eigenvalue weighted by atomic mass is 10.0. The zero-order valence-electron chi connectivity index (χ0n) is 11.2. The van der Waals surface area contributed by atoms with Crippen molar-refractivity contribution in [3.05, 3.63) is 35.9 Å². The molecule has 5 heteroatoms. The lowest BCUT2D eigenvalue weighted by molar-refractivity contribution is -0.132. The van der Waals surface area contributed by atoms with Gasteiger partial charge in [0.15, 0.2) is 0 Å². The first-order chi connectivity index (χ1) is 9.74. The Bertz CT molecular complexity index is 502. The van der Waals surface area contributed by atoms with Crippen molar-refractivity contribution in [2.24, 2.45) is 5.92 Å². The lowest BCUT2D eigenvalue weighted by Gasteiger charge is -2.21. The average molecular weight is 290 g/mol. The quantitative estimate of drug-likeness (QED) is 0.899. The van der Waals surface area contributed by atoms with Crippen molar-refractivity contribution in [1.29, 1.82) is 0 Å². The largest absolute Gasteiger partial charge is 0.347 e. The molecule has 0 spiro atoms. The number of nitrogens with zero attached hydrogens (tertiary/aromatic N) is 1. The topological polar surface area (TPSA) is 49.4 Å². The highest BCUT2D eigenvalue weighted by molar-refractivity contribution is 8.00. The third kappa shape index (κ3) is 3.15. The summed E-state index contributed by atoms with van der Waals surface area (Å²) in [7, 11) is 0. The van der Waals surface area contributed by atoms with Crippen LogP contribution in [-0.4, -0.2) is 34.9 Å². The molecule has 4 nitrogen and oxygen atoms in total. The highest BCUT2D eigenvalue weighted by atomic mass is 32.2. The van der Waals surface area contributed by atoms with Crippen LogP contribution < -0.4 is 5.32 Å². The summed E-state index contributed by atoms with van der Waals surface area (Å²) >= 11 is 1.56. The number of carbonyl (C=O) groups is 2. The van der Waals surface area contributed by atoms with Gasteiger partial charge in [0, 0.05) is 0 Å². The molecular weight excluding hydrogens is 272 g/mol. The first-order valence-corrected chi connectivity index (χ1v) is 8.09. The highest BCUT2D eigenvalue weighted by Gasteiger charge is 2.34. The van der Waals surface area contributed by atoms with Crippen LogP contribution in [0.1, 0.15) is 24.4 Å². The summed E-state index contributed by atoms with van der Waals surface area (Å²) < 4.78 is 0. The van der Waals surface area contributed by atoms with Gasteiger partial charge < -0.3 is 10.2 Å². The van der Waals surface area contributed by atoms with Crippen molar-refractivity contribution >= 4 is 23.6 Å². The average Bonchev–Trinajstić information content (AvgIpc) is 3.22. The van der Waals surface area contributed by atoms with Crippen LogP contribution >= 0.6 is 11.8 Å². The van der Waals surface area contributed by atoms with E-state index in [9.17, 15) is 9.59 Å². The van der Waals surface area contributed by atoms with Gasteiger partial charge in [0.2, 0.25) is 11.8 Å². The molecule has 2 amide bonds. The van der Waals surface area contributed by atoms with E-state index in [-0.39, 0.29) is 24.4 Å². The summed E-state index contributed by atoms with van der Waals surface area (Å²) in [6.07, 6.45) is 2.33. The fourth-order valence-corrected chi connectivity index (χ4v) is 3.40. The lowest BCUT2D eigenvalue weighted by Crippen LogP contribution is -2.40. The van der Waals surface area contributed by atoms with E-state index in [1.165, 1.54) is 12.8 Å². The molecule has 2 fully saturated rings. The van der Waals surface area contributed by atoms with Crippen LogP contribution in [0.15, 0.2) is 30.3 Å². The summed E-state index contributed by atoms with van der Waals surface area (Å²) in [6, 6.07) is 10.2. The maximum absolute atomic E-state index is 12.1. The molecule has 1 saturated heterocycles. The maximum atomic E-state index is 12.1. The van der Waals surface area contributed by atoms with E-state index in [1.807, 2.05) is 18.2 Å². The molecule has 3 rings (SSSR count). The Morgan fingerprint density at radius 3 is 2.70 bits per heavy atom.